The second-order valence-electron chi connectivity index (χ2n) is 7.39. The maximum Gasteiger partial charge on any atom is 0.283 e. The number of hydrogen-bond donors (Lipinski definition) is 1. The van der Waals surface area contributed by atoms with Gasteiger partial charge in [-0.1, -0.05) is 54.2 Å². The van der Waals surface area contributed by atoms with Crippen LogP contribution in [0.5, 0.6) is 0 Å². The molecule has 0 fully saturated rings. The lowest BCUT2D eigenvalue weighted by Gasteiger charge is -2.17. The van der Waals surface area contributed by atoms with Gasteiger partial charge in [0.1, 0.15) is 11.5 Å². The molecule has 170 valence electrons. The molecule has 0 saturated heterocycles. The Morgan fingerprint density at radius 2 is 1.68 bits per heavy atom. The van der Waals surface area contributed by atoms with Crippen LogP contribution >= 0.6 is 11.8 Å². The summed E-state index contributed by atoms with van der Waals surface area (Å²) in [4.78, 5) is 43.4. The number of rotatable bonds is 6. The monoisotopic (exact) mass is 473 g/mol. The predicted molar refractivity (Wildman–Crippen MR) is 133 cm³/mol. The molecule has 4 rings (SSSR count). The largest absolute Gasteiger partial charge is 0.325 e. The van der Waals surface area contributed by atoms with Crippen LogP contribution in [0.3, 0.4) is 0 Å². The summed E-state index contributed by atoms with van der Waals surface area (Å²) in [5.74, 6) is -1.36. The van der Waals surface area contributed by atoms with E-state index in [0.717, 1.165) is 17.3 Å². The van der Waals surface area contributed by atoms with E-state index in [1.54, 1.807) is 30.3 Å². The number of carbonyl (C=O) groups is 3. The Balaban J connectivity index is 1.56. The number of aliphatic imine (C=N–C) groups is 1. The van der Waals surface area contributed by atoms with Crippen LogP contribution in [0.25, 0.3) is 6.08 Å². The van der Waals surface area contributed by atoms with Gasteiger partial charge in [-0.2, -0.15) is 0 Å². The van der Waals surface area contributed by atoms with E-state index in [1.807, 2.05) is 30.3 Å². The molecule has 2 amide bonds. The summed E-state index contributed by atoms with van der Waals surface area (Å²) in [5, 5.41) is 3.04. The number of nitrogens with one attached hydrogen (secondary N) is 1. The molecule has 1 aliphatic rings. The number of carbonyl (C=O) groups excluding carboxylic acids is 3. The van der Waals surface area contributed by atoms with Crippen LogP contribution in [0.4, 0.5) is 15.8 Å². The first-order valence-corrected chi connectivity index (χ1v) is 11.4. The van der Waals surface area contributed by atoms with E-state index in [1.165, 1.54) is 36.1 Å². The average Bonchev–Trinajstić information content (AvgIpc) is 3.14. The first-order chi connectivity index (χ1) is 16.4. The van der Waals surface area contributed by atoms with E-state index in [-0.39, 0.29) is 29.0 Å². The van der Waals surface area contributed by atoms with Crippen molar-refractivity contribution < 1.29 is 18.8 Å². The van der Waals surface area contributed by atoms with Gasteiger partial charge in [-0.3, -0.25) is 19.3 Å². The van der Waals surface area contributed by atoms with Gasteiger partial charge in [0.2, 0.25) is 5.91 Å². The highest BCUT2D eigenvalue weighted by atomic mass is 32.2. The van der Waals surface area contributed by atoms with Crippen molar-refractivity contribution in [1.29, 1.82) is 0 Å². The Morgan fingerprint density at radius 3 is 2.38 bits per heavy atom. The molecule has 0 atom stereocenters. The highest BCUT2D eigenvalue weighted by Crippen LogP contribution is 2.29. The van der Waals surface area contributed by atoms with Gasteiger partial charge in [0.05, 0.1) is 17.1 Å². The molecule has 3 aromatic carbocycles. The molecule has 0 saturated carbocycles. The third-order valence-corrected chi connectivity index (χ3v) is 5.87. The molecule has 0 aromatic heterocycles. The number of anilines is 2. The van der Waals surface area contributed by atoms with Gasteiger partial charge in [-0.15, -0.1) is 0 Å². The van der Waals surface area contributed by atoms with Gasteiger partial charge in [-0.25, -0.2) is 9.38 Å². The fraction of sp³-hybridized carbons (Fsp3) is 0.0769. The molecule has 0 unspecified atom stereocenters. The minimum atomic E-state index is -0.426. The van der Waals surface area contributed by atoms with E-state index in [4.69, 9.17) is 0 Å². The van der Waals surface area contributed by atoms with Crippen molar-refractivity contribution in [2.45, 2.75) is 6.92 Å². The Kier molecular flexibility index (Phi) is 6.98. The molecule has 34 heavy (non-hydrogen) atoms. The second-order valence-corrected chi connectivity index (χ2v) is 8.33. The highest BCUT2D eigenvalue weighted by molar-refractivity contribution is 8.14. The van der Waals surface area contributed by atoms with Gasteiger partial charge in [0.15, 0.2) is 11.0 Å². The number of amidine groups is 1. The van der Waals surface area contributed by atoms with Crippen LogP contribution in [0.15, 0.2) is 89.6 Å². The number of para-hydroxylation sites is 1. The highest BCUT2D eigenvalue weighted by Gasteiger charge is 2.32. The zero-order valence-electron chi connectivity index (χ0n) is 18.2. The number of ketones is 1. The quantitative estimate of drug-likeness (QED) is 0.397. The number of hydrogen-bond acceptors (Lipinski definition) is 5. The molecule has 1 aliphatic heterocycles. The molecule has 1 heterocycles. The normalized spacial score (nSPS) is 14.3. The summed E-state index contributed by atoms with van der Waals surface area (Å²) < 4.78 is 13.5. The van der Waals surface area contributed by atoms with Crippen molar-refractivity contribution in [1.82, 2.24) is 0 Å². The first kappa shape index (κ1) is 23.1. The number of Topliss-reactive ketones (excluding diaryl/α,β-unsaturated/α-hetero) is 1. The molecule has 3 aromatic rings. The summed E-state index contributed by atoms with van der Waals surface area (Å²) in [5.41, 5.74) is 2.29. The van der Waals surface area contributed by atoms with E-state index in [9.17, 15) is 18.8 Å². The lowest BCUT2D eigenvalue weighted by atomic mass is 10.1. The summed E-state index contributed by atoms with van der Waals surface area (Å²) in [6.45, 7) is 1.43. The smallest absolute Gasteiger partial charge is 0.283 e. The third-order valence-electron chi connectivity index (χ3n) is 4.93. The maximum absolute atomic E-state index is 13.5. The molecule has 0 bridgehead atoms. The molecule has 1 N–H and O–H groups in total. The van der Waals surface area contributed by atoms with Crippen molar-refractivity contribution >= 4 is 52.0 Å². The van der Waals surface area contributed by atoms with E-state index >= 15 is 0 Å². The zero-order chi connectivity index (χ0) is 24.1. The molecule has 0 radical (unpaired) electrons. The van der Waals surface area contributed by atoms with Gasteiger partial charge in [-0.05, 0) is 55.0 Å². The number of halogens is 1. The van der Waals surface area contributed by atoms with E-state index in [2.05, 4.69) is 10.3 Å². The van der Waals surface area contributed by atoms with Crippen LogP contribution in [0.2, 0.25) is 0 Å². The SMILES string of the molecule is CC(=O)c1ccccc1NC(=O)CSC1=N/C(=C/c2ccccc2)C(=O)N1c1ccc(F)cc1. The number of amides is 2. The molecular formula is C26H20FN3O3S. The molecule has 6 nitrogen and oxygen atoms in total. The van der Waals surface area contributed by atoms with Crippen molar-refractivity contribution in [2.24, 2.45) is 4.99 Å². The van der Waals surface area contributed by atoms with Crippen LogP contribution in [-0.2, 0) is 9.59 Å². The Hall–Kier alpha value is -4.04. The molecule has 8 heteroatoms. The van der Waals surface area contributed by atoms with E-state index < -0.39 is 5.82 Å². The lowest BCUT2D eigenvalue weighted by molar-refractivity contribution is -0.114. The number of nitrogens with zero attached hydrogens (tertiary/aromatic N) is 2. The molecule has 0 aliphatic carbocycles. The van der Waals surface area contributed by atoms with Crippen molar-refractivity contribution in [3.05, 3.63) is 102 Å². The average molecular weight is 474 g/mol. The standard InChI is InChI=1S/C26H20FN3O3S/c1-17(31)21-9-5-6-10-22(21)28-24(32)16-34-26-29-23(15-18-7-3-2-4-8-18)25(33)30(26)20-13-11-19(27)12-14-20/h2-15H,16H2,1H3,(H,28,32)/b23-15+. The van der Waals surface area contributed by atoms with Gasteiger partial charge >= 0.3 is 0 Å². The minimum Gasteiger partial charge on any atom is -0.325 e. The molecular weight excluding hydrogens is 453 g/mol. The lowest BCUT2D eigenvalue weighted by Crippen LogP contribution is -2.31. The maximum atomic E-state index is 13.5. The Bertz CT molecular complexity index is 1300. The summed E-state index contributed by atoms with van der Waals surface area (Å²) in [6, 6.07) is 21.5. The fourth-order valence-electron chi connectivity index (χ4n) is 3.33. The third kappa shape index (κ3) is 5.29. The number of benzene rings is 3. The number of thioether (sulfide) groups is 1. The summed E-state index contributed by atoms with van der Waals surface area (Å²) in [6.07, 6.45) is 1.66. The van der Waals surface area contributed by atoms with Crippen molar-refractivity contribution in [3.63, 3.8) is 0 Å². The summed E-state index contributed by atoms with van der Waals surface area (Å²) >= 11 is 1.07. The molecule has 0 spiro atoms. The second kappa shape index (κ2) is 10.3. The van der Waals surface area contributed by atoms with Crippen LogP contribution in [0.1, 0.15) is 22.8 Å². The van der Waals surface area contributed by atoms with Gasteiger partial charge in [0.25, 0.3) is 5.91 Å². The van der Waals surface area contributed by atoms with Crippen LogP contribution in [0, 0.1) is 5.82 Å². The van der Waals surface area contributed by atoms with Crippen LogP contribution < -0.4 is 10.2 Å². The zero-order valence-corrected chi connectivity index (χ0v) is 19.0. The first-order valence-electron chi connectivity index (χ1n) is 10.4. The Labute approximate surface area is 200 Å². The van der Waals surface area contributed by atoms with Gasteiger partial charge < -0.3 is 5.32 Å². The topological polar surface area (TPSA) is 78.8 Å². The summed E-state index contributed by atoms with van der Waals surface area (Å²) in [7, 11) is 0. The van der Waals surface area contributed by atoms with Gasteiger partial charge in [0, 0.05) is 5.56 Å². The van der Waals surface area contributed by atoms with Crippen molar-refractivity contribution in [3.8, 4) is 0 Å². The minimum absolute atomic E-state index is 0.0470. The van der Waals surface area contributed by atoms with Crippen molar-refractivity contribution in [2.75, 3.05) is 16.0 Å². The van der Waals surface area contributed by atoms with E-state index in [0.29, 0.717) is 22.1 Å². The van der Waals surface area contributed by atoms with Crippen LogP contribution in [-0.4, -0.2) is 28.5 Å². The Morgan fingerprint density at radius 1 is 1.00 bits per heavy atom. The fourth-order valence-corrected chi connectivity index (χ4v) is 4.15. The predicted octanol–water partition coefficient (Wildman–Crippen LogP) is 5.14.